The molecule has 0 amide bonds. The Hall–Kier alpha value is -2.00. The highest BCUT2D eigenvalue weighted by Crippen LogP contribution is 2.23. The van der Waals surface area contributed by atoms with E-state index in [1.54, 1.807) is 0 Å². The van der Waals surface area contributed by atoms with E-state index in [2.05, 4.69) is 25.3 Å². The number of nitrogens with zero attached hydrogens (tertiary/aromatic N) is 2. The molecule has 1 aromatic heterocycles. The van der Waals surface area contributed by atoms with Crippen LogP contribution in [-0.4, -0.2) is 9.55 Å². The molecule has 0 fully saturated rings. The lowest BCUT2D eigenvalue weighted by atomic mass is 10.2. The third kappa shape index (κ3) is 3.67. The normalized spacial score (nSPS) is 11.3. The smallest absolute Gasteiger partial charge is 0.148 e. The van der Waals surface area contributed by atoms with Gasteiger partial charge in [0.15, 0.2) is 0 Å². The Morgan fingerprint density at radius 1 is 1.13 bits per heavy atom. The molecular weight excluding hydrogens is 308 g/mol. The molecule has 0 saturated heterocycles. The van der Waals surface area contributed by atoms with E-state index in [9.17, 15) is 0 Å². The van der Waals surface area contributed by atoms with E-state index in [0.717, 1.165) is 29.2 Å². The van der Waals surface area contributed by atoms with Crippen LogP contribution >= 0.6 is 11.6 Å². The molecule has 0 aliphatic heterocycles. The minimum absolute atomic E-state index is 0.447. The number of hydrogen-bond donors (Lipinski definition) is 0. The number of imidazole rings is 1. The van der Waals surface area contributed by atoms with Crippen molar-refractivity contribution in [3.63, 3.8) is 0 Å². The Labute approximate surface area is 141 Å². The Balaban J connectivity index is 1.90. The number of halogens is 1. The van der Waals surface area contributed by atoms with Crippen molar-refractivity contribution in [3.8, 4) is 5.75 Å². The average Bonchev–Trinajstić information content (AvgIpc) is 2.83. The first-order chi connectivity index (χ1) is 11.0. The van der Waals surface area contributed by atoms with Gasteiger partial charge in [-0.05, 0) is 43.2 Å². The zero-order valence-electron chi connectivity index (χ0n) is 13.7. The SMILES string of the molecule is Cc1ccc(OCc2nc3cc(Cl)ccc3n2CC(C)C)cc1. The largest absolute Gasteiger partial charge is 0.486 e. The molecule has 0 aliphatic carbocycles. The number of rotatable bonds is 5. The molecule has 3 rings (SSSR count). The van der Waals surface area contributed by atoms with Crippen LogP contribution < -0.4 is 4.74 Å². The van der Waals surface area contributed by atoms with Gasteiger partial charge in [0, 0.05) is 11.6 Å². The molecule has 3 aromatic rings. The van der Waals surface area contributed by atoms with Gasteiger partial charge in [-0.25, -0.2) is 4.98 Å². The summed E-state index contributed by atoms with van der Waals surface area (Å²) in [5.74, 6) is 2.31. The summed E-state index contributed by atoms with van der Waals surface area (Å²) in [5.41, 5.74) is 3.24. The molecule has 1 heterocycles. The Morgan fingerprint density at radius 3 is 2.57 bits per heavy atom. The van der Waals surface area contributed by atoms with Gasteiger partial charge in [-0.15, -0.1) is 0 Å². The van der Waals surface area contributed by atoms with Crippen molar-refractivity contribution < 1.29 is 4.74 Å². The summed E-state index contributed by atoms with van der Waals surface area (Å²) >= 11 is 6.09. The van der Waals surface area contributed by atoms with Crippen molar-refractivity contribution in [2.75, 3.05) is 0 Å². The number of hydrogen-bond acceptors (Lipinski definition) is 2. The first-order valence-corrected chi connectivity index (χ1v) is 8.25. The summed E-state index contributed by atoms with van der Waals surface area (Å²) in [6.45, 7) is 7.82. The van der Waals surface area contributed by atoms with Crippen molar-refractivity contribution in [3.05, 3.63) is 58.9 Å². The summed E-state index contributed by atoms with van der Waals surface area (Å²) < 4.78 is 8.14. The van der Waals surface area contributed by atoms with Crippen LogP contribution in [0.15, 0.2) is 42.5 Å². The maximum Gasteiger partial charge on any atom is 0.148 e. The van der Waals surface area contributed by atoms with Crippen LogP contribution in [-0.2, 0) is 13.2 Å². The topological polar surface area (TPSA) is 27.1 Å². The third-order valence-corrected chi connectivity index (χ3v) is 3.96. The maximum absolute atomic E-state index is 6.09. The molecule has 23 heavy (non-hydrogen) atoms. The molecule has 0 unspecified atom stereocenters. The monoisotopic (exact) mass is 328 g/mol. The van der Waals surface area contributed by atoms with Crippen LogP contribution in [0, 0.1) is 12.8 Å². The van der Waals surface area contributed by atoms with E-state index in [1.807, 2.05) is 42.5 Å². The number of benzene rings is 2. The van der Waals surface area contributed by atoms with Gasteiger partial charge in [-0.2, -0.15) is 0 Å². The van der Waals surface area contributed by atoms with Crippen molar-refractivity contribution >= 4 is 22.6 Å². The number of aryl methyl sites for hydroxylation is 1. The lowest BCUT2D eigenvalue weighted by Gasteiger charge is -2.12. The molecular formula is C19H21ClN2O. The molecule has 120 valence electrons. The fourth-order valence-corrected chi connectivity index (χ4v) is 2.78. The Bertz CT molecular complexity index is 806. The second kappa shape index (κ2) is 6.63. The van der Waals surface area contributed by atoms with Gasteiger partial charge >= 0.3 is 0 Å². The predicted octanol–water partition coefficient (Wildman–Crippen LogP) is 5.23. The van der Waals surface area contributed by atoms with Gasteiger partial charge in [-0.3, -0.25) is 0 Å². The lowest BCUT2D eigenvalue weighted by molar-refractivity contribution is 0.287. The van der Waals surface area contributed by atoms with Crippen LogP contribution in [0.2, 0.25) is 5.02 Å². The zero-order valence-corrected chi connectivity index (χ0v) is 14.5. The molecule has 0 radical (unpaired) electrons. The van der Waals surface area contributed by atoms with Crippen molar-refractivity contribution in [2.45, 2.75) is 33.9 Å². The molecule has 0 aliphatic rings. The fraction of sp³-hybridized carbons (Fsp3) is 0.316. The molecule has 0 N–H and O–H groups in total. The van der Waals surface area contributed by atoms with Gasteiger partial charge in [0.2, 0.25) is 0 Å². The maximum atomic E-state index is 6.09. The van der Waals surface area contributed by atoms with Crippen LogP contribution in [0.5, 0.6) is 5.75 Å². The van der Waals surface area contributed by atoms with E-state index >= 15 is 0 Å². The first kappa shape index (κ1) is 15.9. The highest BCUT2D eigenvalue weighted by Gasteiger charge is 2.13. The van der Waals surface area contributed by atoms with E-state index < -0.39 is 0 Å². The van der Waals surface area contributed by atoms with Crippen LogP contribution in [0.3, 0.4) is 0 Å². The number of aromatic nitrogens is 2. The first-order valence-electron chi connectivity index (χ1n) is 7.87. The third-order valence-electron chi connectivity index (χ3n) is 3.73. The molecule has 0 atom stereocenters. The van der Waals surface area contributed by atoms with Crippen LogP contribution in [0.25, 0.3) is 11.0 Å². The lowest BCUT2D eigenvalue weighted by Crippen LogP contribution is -2.11. The minimum Gasteiger partial charge on any atom is -0.486 e. The summed E-state index contributed by atoms with van der Waals surface area (Å²) in [4.78, 5) is 4.71. The van der Waals surface area contributed by atoms with E-state index in [1.165, 1.54) is 5.56 Å². The quantitative estimate of drug-likeness (QED) is 0.641. The number of fused-ring (bicyclic) bond motifs is 1. The van der Waals surface area contributed by atoms with Crippen molar-refractivity contribution in [1.82, 2.24) is 9.55 Å². The molecule has 2 aromatic carbocycles. The van der Waals surface area contributed by atoms with Crippen LogP contribution in [0.1, 0.15) is 25.2 Å². The number of ether oxygens (including phenoxy) is 1. The summed E-state index contributed by atoms with van der Waals surface area (Å²) in [7, 11) is 0. The van der Waals surface area contributed by atoms with Gasteiger partial charge < -0.3 is 9.30 Å². The summed E-state index contributed by atoms with van der Waals surface area (Å²) in [6.07, 6.45) is 0. The predicted molar refractivity (Wildman–Crippen MR) is 95.1 cm³/mol. The van der Waals surface area contributed by atoms with Gasteiger partial charge in [0.1, 0.15) is 18.2 Å². The zero-order chi connectivity index (χ0) is 16.4. The van der Waals surface area contributed by atoms with E-state index in [4.69, 9.17) is 21.3 Å². The molecule has 0 spiro atoms. The van der Waals surface area contributed by atoms with E-state index in [-0.39, 0.29) is 0 Å². The fourth-order valence-electron chi connectivity index (χ4n) is 2.61. The van der Waals surface area contributed by atoms with Gasteiger partial charge in [0.25, 0.3) is 0 Å². The summed E-state index contributed by atoms with van der Waals surface area (Å²) in [6, 6.07) is 13.9. The van der Waals surface area contributed by atoms with E-state index in [0.29, 0.717) is 17.5 Å². The molecule has 4 heteroatoms. The second-order valence-electron chi connectivity index (χ2n) is 6.27. The Kier molecular flexibility index (Phi) is 4.58. The molecule has 3 nitrogen and oxygen atoms in total. The van der Waals surface area contributed by atoms with Gasteiger partial charge in [-0.1, -0.05) is 43.1 Å². The molecule has 0 saturated carbocycles. The summed E-state index contributed by atoms with van der Waals surface area (Å²) in [5, 5.41) is 0.706. The van der Waals surface area contributed by atoms with Crippen molar-refractivity contribution in [1.29, 1.82) is 0 Å². The van der Waals surface area contributed by atoms with Crippen LogP contribution in [0.4, 0.5) is 0 Å². The van der Waals surface area contributed by atoms with Crippen molar-refractivity contribution in [2.24, 2.45) is 5.92 Å². The Morgan fingerprint density at radius 2 is 1.87 bits per heavy atom. The second-order valence-corrected chi connectivity index (χ2v) is 6.70. The van der Waals surface area contributed by atoms with Gasteiger partial charge in [0.05, 0.1) is 11.0 Å². The highest BCUT2D eigenvalue weighted by molar-refractivity contribution is 6.31. The molecule has 0 bridgehead atoms. The standard InChI is InChI=1S/C19H21ClN2O/c1-13(2)11-22-18-9-6-15(20)10-17(18)21-19(22)12-23-16-7-4-14(3)5-8-16/h4-10,13H,11-12H2,1-3H3. The average molecular weight is 329 g/mol. The minimum atomic E-state index is 0.447. The highest BCUT2D eigenvalue weighted by atomic mass is 35.5.